The zero-order chi connectivity index (χ0) is 18.3. The van der Waals surface area contributed by atoms with Gasteiger partial charge >= 0.3 is 0 Å². The van der Waals surface area contributed by atoms with E-state index in [0.717, 1.165) is 0 Å². The molecule has 0 unspecified atom stereocenters. The lowest BCUT2D eigenvalue weighted by molar-refractivity contribution is -0.0212. The molecule has 0 aliphatic heterocycles. The van der Waals surface area contributed by atoms with Crippen molar-refractivity contribution in [2.24, 2.45) is 5.73 Å². The van der Waals surface area contributed by atoms with Gasteiger partial charge in [0.2, 0.25) is 0 Å². The Kier molecular flexibility index (Phi) is 23.3. The van der Waals surface area contributed by atoms with Gasteiger partial charge in [0.15, 0.2) is 0 Å². The molecule has 0 saturated heterocycles. The lowest BCUT2D eigenvalue weighted by Gasteiger charge is -2.08. The molecule has 0 saturated carbocycles. The highest BCUT2D eigenvalue weighted by Gasteiger charge is 1.94. The second-order valence-corrected chi connectivity index (χ2v) is 4.80. The van der Waals surface area contributed by atoms with Gasteiger partial charge in [-0.2, -0.15) is 0 Å². The summed E-state index contributed by atoms with van der Waals surface area (Å²) < 4.78 is 36.9. The van der Waals surface area contributed by atoms with Gasteiger partial charge < -0.3 is 44.0 Å². The van der Waals surface area contributed by atoms with E-state index in [9.17, 15) is 0 Å². The van der Waals surface area contributed by atoms with Crippen LogP contribution in [-0.4, -0.2) is 111 Å². The zero-order valence-corrected chi connectivity index (χ0v) is 15.2. The third kappa shape index (κ3) is 23.6. The molecule has 3 N–H and O–H groups in total. The van der Waals surface area contributed by atoms with E-state index in [0.29, 0.717) is 99.0 Å². The fourth-order valence-corrected chi connectivity index (χ4v) is 1.57. The first kappa shape index (κ1) is 24.6. The Bertz CT molecular complexity index is 214. The molecule has 9 heteroatoms. The lowest BCUT2D eigenvalue weighted by atomic mass is 10.6. The third-order valence-electron chi connectivity index (χ3n) is 2.73. The van der Waals surface area contributed by atoms with Gasteiger partial charge in [0.25, 0.3) is 0 Å². The summed E-state index contributed by atoms with van der Waals surface area (Å²) in [6, 6.07) is 0. The maximum absolute atomic E-state index is 8.51. The lowest BCUT2D eigenvalue weighted by Crippen LogP contribution is -2.15. The summed E-state index contributed by atoms with van der Waals surface area (Å²) in [5.74, 6) is 0. The summed E-state index contributed by atoms with van der Waals surface area (Å²) in [4.78, 5) is 0. The van der Waals surface area contributed by atoms with Crippen molar-refractivity contribution in [2.75, 3.05) is 106 Å². The summed E-state index contributed by atoms with van der Waals surface area (Å²) in [6.45, 7) is 7.80. The van der Waals surface area contributed by atoms with Crippen molar-refractivity contribution < 1.29 is 38.3 Å². The summed E-state index contributed by atoms with van der Waals surface area (Å²) in [7, 11) is 0. The molecule has 0 fully saturated rings. The minimum Gasteiger partial charge on any atom is -0.394 e. The first-order valence-electron chi connectivity index (χ1n) is 8.77. The molecule has 9 nitrogen and oxygen atoms in total. The van der Waals surface area contributed by atoms with Crippen molar-refractivity contribution in [1.82, 2.24) is 0 Å². The first-order chi connectivity index (χ1) is 12.4. The Balaban J connectivity index is 2.94. The highest BCUT2D eigenvalue weighted by molar-refractivity contribution is 4.37. The average molecular weight is 369 g/mol. The van der Waals surface area contributed by atoms with Gasteiger partial charge in [-0.25, -0.2) is 0 Å². The highest BCUT2D eigenvalue weighted by atomic mass is 16.6. The van der Waals surface area contributed by atoms with Crippen LogP contribution in [0, 0.1) is 0 Å². The van der Waals surface area contributed by atoms with Gasteiger partial charge in [-0.3, -0.25) is 0 Å². The molecule has 0 bridgehead atoms. The van der Waals surface area contributed by atoms with Crippen molar-refractivity contribution in [3.63, 3.8) is 0 Å². The molecular formula is C16H35NO8. The van der Waals surface area contributed by atoms with E-state index in [1.807, 2.05) is 0 Å². The highest BCUT2D eigenvalue weighted by Crippen LogP contribution is 1.85. The van der Waals surface area contributed by atoms with Gasteiger partial charge in [-0.05, 0) is 0 Å². The average Bonchev–Trinajstić information content (AvgIpc) is 2.63. The quantitative estimate of drug-likeness (QED) is 0.233. The molecule has 0 radical (unpaired) electrons. The van der Waals surface area contributed by atoms with Crippen LogP contribution in [0.2, 0.25) is 0 Å². The van der Waals surface area contributed by atoms with Crippen LogP contribution in [0.1, 0.15) is 0 Å². The molecule has 0 atom stereocenters. The smallest absolute Gasteiger partial charge is 0.0701 e. The SMILES string of the molecule is NCCOCCOCCOCCOCCOCCOCCOCCO. The van der Waals surface area contributed by atoms with Crippen molar-refractivity contribution in [2.45, 2.75) is 0 Å². The van der Waals surface area contributed by atoms with Gasteiger partial charge in [-0.15, -0.1) is 0 Å². The molecule has 0 spiro atoms. The van der Waals surface area contributed by atoms with E-state index in [2.05, 4.69) is 0 Å². The molecular weight excluding hydrogens is 334 g/mol. The Hall–Kier alpha value is -0.360. The standard InChI is InChI=1S/C16H35NO8/c17-1-3-19-5-7-21-9-11-23-13-15-25-16-14-24-12-10-22-8-6-20-4-2-18/h18H,1-17H2. The third-order valence-corrected chi connectivity index (χ3v) is 2.73. The second kappa shape index (κ2) is 23.6. The van der Waals surface area contributed by atoms with Crippen molar-refractivity contribution in [1.29, 1.82) is 0 Å². The maximum atomic E-state index is 8.51. The van der Waals surface area contributed by atoms with Crippen molar-refractivity contribution >= 4 is 0 Å². The van der Waals surface area contributed by atoms with Crippen LogP contribution < -0.4 is 5.73 Å². The fraction of sp³-hybridized carbons (Fsp3) is 1.00. The molecule has 0 rings (SSSR count). The monoisotopic (exact) mass is 369 g/mol. The van der Waals surface area contributed by atoms with Crippen LogP contribution in [0.3, 0.4) is 0 Å². The first-order valence-corrected chi connectivity index (χ1v) is 8.77. The van der Waals surface area contributed by atoms with E-state index >= 15 is 0 Å². The number of aliphatic hydroxyl groups is 1. The molecule has 0 aromatic heterocycles. The van der Waals surface area contributed by atoms with E-state index in [-0.39, 0.29) is 6.61 Å². The second-order valence-electron chi connectivity index (χ2n) is 4.80. The molecule has 0 heterocycles. The predicted octanol–water partition coefficient (Wildman–Crippen LogP) is -0.946. The van der Waals surface area contributed by atoms with E-state index < -0.39 is 0 Å². The molecule has 0 aromatic rings. The Morgan fingerprint density at radius 2 is 0.640 bits per heavy atom. The number of rotatable bonds is 22. The van der Waals surface area contributed by atoms with Crippen LogP contribution >= 0.6 is 0 Å². The van der Waals surface area contributed by atoms with Crippen LogP contribution in [0.15, 0.2) is 0 Å². The van der Waals surface area contributed by atoms with E-state index in [1.54, 1.807) is 0 Å². The molecule has 0 aliphatic rings. The van der Waals surface area contributed by atoms with Crippen molar-refractivity contribution in [3.05, 3.63) is 0 Å². The van der Waals surface area contributed by atoms with Gasteiger partial charge in [0.05, 0.1) is 99.1 Å². The minimum atomic E-state index is 0.0347. The van der Waals surface area contributed by atoms with Gasteiger partial charge in [0, 0.05) is 6.54 Å². The van der Waals surface area contributed by atoms with Crippen LogP contribution in [-0.2, 0) is 33.2 Å². The minimum absolute atomic E-state index is 0.0347. The number of ether oxygens (including phenoxy) is 7. The number of hydrogen-bond donors (Lipinski definition) is 2. The van der Waals surface area contributed by atoms with Gasteiger partial charge in [0.1, 0.15) is 0 Å². The molecule has 152 valence electrons. The van der Waals surface area contributed by atoms with Gasteiger partial charge in [-0.1, -0.05) is 0 Å². The van der Waals surface area contributed by atoms with Crippen LogP contribution in [0.4, 0.5) is 0 Å². The molecule has 0 aliphatic carbocycles. The summed E-state index contributed by atoms with van der Waals surface area (Å²) in [5, 5.41) is 8.51. The Labute approximate surface area is 150 Å². The predicted molar refractivity (Wildman–Crippen MR) is 91.9 cm³/mol. The van der Waals surface area contributed by atoms with Crippen LogP contribution in [0.5, 0.6) is 0 Å². The maximum Gasteiger partial charge on any atom is 0.0701 e. The number of hydrogen-bond acceptors (Lipinski definition) is 9. The fourth-order valence-electron chi connectivity index (χ4n) is 1.57. The molecule has 0 amide bonds. The Morgan fingerprint density at radius 3 is 0.880 bits per heavy atom. The zero-order valence-electron chi connectivity index (χ0n) is 15.2. The number of aliphatic hydroxyl groups excluding tert-OH is 1. The van der Waals surface area contributed by atoms with E-state index in [4.69, 9.17) is 44.0 Å². The van der Waals surface area contributed by atoms with E-state index in [1.165, 1.54) is 0 Å². The van der Waals surface area contributed by atoms with Crippen LogP contribution in [0.25, 0.3) is 0 Å². The summed E-state index contributed by atoms with van der Waals surface area (Å²) >= 11 is 0. The number of nitrogens with two attached hydrogens (primary N) is 1. The molecule has 0 aromatic carbocycles. The topological polar surface area (TPSA) is 111 Å². The summed E-state index contributed by atoms with van der Waals surface area (Å²) in [6.07, 6.45) is 0. The molecule has 25 heavy (non-hydrogen) atoms. The van der Waals surface area contributed by atoms with Crippen molar-refractivity contribution in [3.8, 4) is 0 Å². The normalized spacial score (nSPS) is 11.3. The Morgan fingerprint density at radius 1 is 0.400 bits per heavy atom. The largest absolute Gasteiger partial charge is 0.394 e. The summed E-state index contributed by atoms with van der Waals surface area (Å²) in [5.41, 5.74) is 5.29.